The second-order valence-electron chi connectivity index (χ2n) is 5.46. The number of anilines is 1. The van der Waals surface area contributed by atoms with Crippen LogP contribution in [0.2, 0.25) is 0 Å². The van der Waals surface area contributed by atoms with Crippen molar-refractivity contribution in [1.29, 1.82) is 0 Å². The Bertz CT molecular complexity index is 696. The molecule has 0 spiro atoms. The number of para-hydroxylation sites is 1. The zero-order valence-electron chi connectivity index (χ0n) is 13.8. The zero-order chi connectivity index (χ0) is 16.8. The average molecular weight is 310 g/mol. The van der Waals surface area contributed by atoms with Gasteiger partial charge in [-0.2, -0.15) is 0 Å². The molecule has 0 bridgehead atoms. The van der Waals surface area contributed by atoms with Gasteiger partial charge >= 0.3 is 0 Å². The summed E-state index contributed by atoms with van der Waals surface area (Å²) in [5.41, 5.74) is 3.60. The Hall–Kier alpha value is -2.62. The highest BCUT2D eigenvalue weighted by Crippen LogP contribution is 2.13. The Labute approximate surface area is 137 Å². The predicted molar refractivity (Wildman–Crippen MR) is 92.7 cm³/mol. The molecule has 0 heterocycles. The molecule has 0 aromatic heterocycles. The first kappa shape index (κ1) is 16.7. The number of amides is 2. The van der Waals surface area contributed by atoms with Crippen LogP contribution in [0, 0.1) is 13.8 Å². The van der Waals surface area contributed by atoms with Gasteiger partial charge in [-0.15, -0.1) is 0 Å². The van der Waals surface area contributed by atoms with Crippen LogP contribution in [0.4, 0.5) is 5.69 Å². The third-order valence-electron chi connectivity index (χ3n) is 3.85. The standard InChI is InChI=1S/C19H22N2O2/c1-4-21(17-8-6-5-7-9-17)18(22)13-20-19(23)16-11-10-14(2)15(3)12-16/h5-12H,4,13H2,1-3H3,(H,20,23). The van der Waals surface area contributed by atoms with Crippen LogP contribution in [-0.2, 0) is 4.79 Å². The van der Waals surface area contributed by atoms with Crippen LogP contribution in [0.5, 0.6) is 0 Å². The van der Waals surface area contributed by atoms with Gasteiger partial charge in [0.15, 0.2) is 0 Å². The number of hydrogen-bond donors (Lipinski definition) is 1. The summed E-state index contributed by atoms with van der Waals surface area (Å²) in [6, 6.07) is 15.0. The van der Waals surface area contributed by atoms with Crippen LogP contribution in [0.1, 0.15) is 28.4 Å². The summed E-state index contributed by atoms with van der Waals surface area (Å²) in [5.74, 6) is -0.360. The van der Waals surface area contributed by atoms with E-state index >= 15 is 0 Å². The van der Waals surface area contributed by atoms with E-state index < -0.39 is 0 Å². The molecule has 1 N–H and O–H groups in total. The maximum Gasteiger partial charge on any atom is 0.251 e. The van der Waals surface area contributed by atoms with Crippen molar-refractivity contribution in [3.8, 4) is 0 Å². The van der Waals surface area contributed by atoms with Gasteiger partial charge in [-0.1, -0.05) is 24.3 Å². The van der Waals surface area contributed by atoms with Crippen LogP contribution in [-0.4, -0.2) is 24.9 Å². The topological polar surface area (TPSA) is 49.4 Å². The van der Waals surface area contributed by atoms with E-state index in [1.165, 1.54) is 0 Å². The highest BCUT2D eigenvalue weighted by molar-refractivity contribution is 6.00. The minimum absolute atomic E-state index is 0.0194. The average Bonchev–Trinajstić information content (AvgIpc) is 2.57. The molecule has 0 fully saturated rings. The summed E-state index contributed by atoms with van der Waals surface area (Å²) in [4.78, 5) is 26.2. The van der Waals surface area contributed by atoms with E-state index in [2.05, 4.69) is 5.32 Å². The van der Waals surface area contributed by atoms with Crippen molar-refractivity contribution >= 4 is 17.5 Å². The molecule has 0 unspecified atom stereocenters. The third kappa shape index (κ3) is 4.19. The van der Waals surface area contributed by atoms with Gasteiger partial charge in [-0.05, 0) is 56.2 Å². The van der Waals surface area contributed by atoms with Crippen LogP contribution >= 0.6 is 0 Å². The van der Waals surface area contributed by atoms with Crippen molar-refractivity contribution in [2.24, 2.45) is 0 Å². The second-order valence-corrected chi connectivity index (χ2v) is 5.46. The number of rotatable bonds is 5. The van der Waals surface area contributed by atoms with Gasteiger partial charge < -0.3 is 10.2 Å². The number of benzene rings is 2. The number of likely N-dealkylation sites (N-methyl/N-ethyl adjacent to an activating group) is 1. The summed E-state index contributed by atoms with van der Waals surface area (Å²) < 4.78 is 0. The zero-order valence-corrected chi connectivity index (χ0v) is 13.8. The van der Waals surface area contributed by atoms with Gasteiger partial charge in [0.2, 0.25) is 5.91 Å². The highest BCUT2D eigenvalue weighted by Gasteiger charge is 2.15. The Kier molecular flexibility index (Phi) is 5.52. The van der Waals surface area contributed by atoms with Crippen molar-refractivity contribution in [2.75, 3.05) is 18.0 Å². The molecule has 23 heavy (non-hydrogen) atoms. The molecule has 2 aromatic carbocycles. The van der Waals surface area contributed by atoms with E-state index in [4.69, 9.17) is 0 Å². The van der Waals surface area contributed by atoms with E-state index in [9.17, 15) is 9.59 Å². The van der Waals surface area contributed by atoms with Crippen molar-refractivity contribution in [3.63, 3.8) is 0 Å². The molecule has 2 amide bonds. The predicted octanol–water partition coefficient (Wildman–Crippen LogP) is 3.09. The molecule has 2 rings (SSSR count). The lowest BCUT2D eigenvalue weighted by Crippen LogP contribution is -2.40. The maximum atomic E-state index is 12.3. The molecule has 4 heteroatoms. The van der Waals surface area contributed by atoms with Gasteiger partial charge in [0.25, 0.3) is 5.91 Å². The smallest absolute Gasteiger partial charge is 0.251 e. The molecular formula is C19H22N2O2. The van der Waals surface area contributed by atoms with Crippen molar-refractivity contribution in [2.45, 2.75) is 20.8 Å². The second kappa shape index (κ2) is 7.58. The van der Waals surface area contributed by atoms with Crippen molar-refractivity contribution < 1.29 is 9.59 Å². The number of aryl methyl sites for hydroxylation is 2. The lowest BCUT2D eigenvalue weighted by Gasteiger charge is -2.21. The van der Waals surface area contributed by atoms with E-state index in [1.807, 2.05) is 63.2 Å². The summed E-state index contributed by atoms with van der Waals surface area (Å²) >= 11 is 0. The molecule has 0 aliphatic rings. The summed E-state index contributed by atoms with van der Waals surface area (Å²) in [6.45, 7) is 6.41. The molecular weight excluding hydrogens is 288 g/mol. The first-order valence-electron chi connectivity index (χ1n) is 7.73. The highest BCUT2D eigenvalue weighted by atomic mass is 16.2. The molecule has 0 radical (unpaired) electrons. The molecule has 120 valence electrons. The van der Waals surface area contributed by atoms with Gasteiger partial charge in [0, 0.05) is 17.8 Å². The monoisotopic (exact) mass is 310 g/mol. The number of hydrogen-bond acceptors (Lipinski definition) is 2. The normalized spacial score (nSPS) is 10.2. The number of nitrogens with one attached hydrogen (secondary N) is 1. The summed E-state index contributed by atoms with van der Waals surface area (Å²) in [5, 5.41) is 2.70. The van der Waals surface area contributed by atoms with E-state index in [0.29, 0.717) is 12.1 Å². The SMILES string of the molecule is CCN(C(=O)CNC(=O)c1ccc(C)c(C)c1)c1ccccc1. The lowest BCUT2D eigenvalue weighted by molar-refractivity contribution is -0.117. The fourth-order valence-corrected chi connectivity index (χ4v) is 2.35. The van der Waals surface area contributed by atoms with Crippen LogP contribution in [0.25, 0.3) is 0 Å². The Morgan fingerprint density at radius 2 is 1.70 bits per heavy atom. The fourth-order valence-electron chi connectivity index (χ4n) is 2.35. The van der Waals surface area contributed by atoms with E-state index in [1.54, 1.807) is 11.0 Å². The van der Waals surface area contributed by atoms with Crippen LogP contribution < -0.4 is 10.2 Å². The lowest BCUT2D eigenvalue weighted by atomic mass is 10.1. The van der Waals surface area contributed by atoms with Crippen molar-refractivity contribution in [3.05, 3.63) is 65.2 Å². The molecule has 0 saturated carbocycles. The molecule has 4 nitrogen and oxygen atoms in total. The van der Waals surface area contributed by atoms with E-state index in [-0.39, 0.29) is 18.4 Å². The van der Waals surface area contributed by atoms with Gasteiger partial charge in [0.05, 0.1) is 6.54 Å². The Morgan fingerprint density at radius 3 is 2.30 bits per heavy atom. The third-order valence-corrected chi connectivity index (χ3v) is 3.85. The van der Waals surface area contributed by atoms with Crippen LogP contribution in [0.3, 0.4) is 0 Å². The number of carbonyl (C=O) groups is 2. The quantitative estimate of drug-likeness (QED) is 0.922. The maximum absolute atomic E-state index is 12.3. The summed E-state index contributed by atoms with van der Waals surface area (Å²) in [6.07, 6.45) is 0. The molecule has 0 aliphatic carbocycles. The minimum atomic E-state index is -0.231. The first-order chi connectivity index (χ1) is 11.0. The Balaban J connectivity index is 2.00. The largest absolute Gasteiger partial charge is 0.343 e. The number of nitrogens with zero attached hydrogens (tertiary/aromatic N) is 1. The Morgan fingerprint density at radius 1 is 1.00 bits per heavy atom. The fraction of sp³-hybridized carbons (Fsp3) is 0.263. The van der Waals surface area contributed by atoms with Gasteiger partial charge in [-0.25, -0.2) is 0 Å². The van der Waals surface area contributed by atoms with Crippen molar-refractivity contribution in [1.82, 2.24) is 5.32 Å². The first-order valence-corrected chi connectivity index (χ1v) is 7.73. The van der Waals surface area contributed by atoms with Crippen LogP contribution in [0.15, 0.2) is 48.5 Å². The molecule has 2 aromatic rings. The number of carbonyl (C=O) groups excluding carboxylic acids is 2. The minimum Gasteiger partial charge on any atom is -0.343 e. The molecule has 0 saturated heterocycles. The van der Waals surface area contributed by atoms with Gasteiger partial charge in [0.1, 0.15) is 0 Å². The summed E-state index contributed by atoms with van der Waals surface area (Å²) in [7, 11) is 0. The molecule has 0 aliphatic heterocycles. The van der Waals surface area contributed by atoms with Gasteiger partial charge in [-0.3, -0.25) is 9.59 Å². The molecule has 0 atom stereocenters. The van der Waals surface area contributed by atoms with E-state index in [0.717, 1.165) is 16.8 Å².